The molecular formula is C17H16F2N2O4S. The summed E-state index contributed by atoms with van der Waals surface area (Å²) in [4.78, 5) is 12.1. The molecule has 0 unspecified atom stereocenters. The molecule has 0 fully saturated rings. The quantitative estimate of drug-likeness (QED) is 0.886. The average Bonchev–Trinajstić information content (AvgIpc) is 2.59. The van der Waals surface area contributed by atoms with Crippen molar-refractivity contribution >= 4 is 21.8 Å². The van der Waals surface area contributed by atoms with E-state index in [0.29, 0.717) is 13.0 Å². The van der Waals surface area contributed by atoms with Gasteiger partial charge in [-0.1, -0.05) is 12.1 Å². The molecule has 26 heavy (non-hydrogen) atoms. The lowest BCUT2D eigenvalue weighted by Crippen LogP contribution is -2.35. The van der Waals surface area contributed by atoms with E-state index in [2.05, 4.69) is 4.72 Å². The highest BCUT2D eigenvalue weighted by Crippen LogP contribution is 2.26. The minimum Gasteiger partial charge on any atom is -0.453 e. The molecule has 0 aromatic heterocycles. The Balaban J connectivity index is 1.89. The fraction of sp³-hybridized carbons (Fsp3) is 0.235. The second-order valence-electron chi connectivity index (χ2n) is 5.78. The highest BCUT2D eigenvalue weighted by Gasteiger charge is 2.25. The molecule has 0 saturated carbocycles. The highest BCUT2D eigenvalue weighted by molar-refractivity contribution is 7.92. The second-order valence-corrected chi connectivity index (χ2v) is 7.40. The third-order valence-electron chi connectivity index (χ3n) is 4.09. The van der Waals surface area contributed by atoms with Crippen LogP contribution in [0, 0.1) is 11.6 Å². The first kappa shape index (κ1) is 18.1. The van der Waals surface area contributed by atoms with Gasteiger partial charge in [0.1, 0.15) is 11.6 Å². The molecule has 1 heterocycles. The van der Waals surface area contributed by atoms with Gasteiger partial charge >= 0.3 is 6.09 Å². The van der Waals surface area contributed by atoms with Gasteiger partial charge in [-0.3, -0.25) is 4.72 Å². The summed E-state index contributed by atoms with van der Waals surface area (Å²) in [6.07, 6.45) is 0.120. The number of sulfonamides is 1. The molecule has 0 spiro atoms. The number of halogens is 2. The van der Waals surface area contributed by atoms with Crippen molar-refractivity contribution in [2.24, 2.45) is 0 Å². The largest absolute Gasteiger partial charge is 0.453 e. The summed E-state index contributed by atoms with van der Waals surface area (Å²) in [6.45, 7) is 0.747. The fourth-order valence-corrected chi connectivity index (χ4v) is 4.04. The fourth-order valence-electron chi connectivity index (χ4n) is 2.85. The van der Waals surface area contributed by atoms with E-state index in [1.54, 1.807) is 12.1 Å². The standard InChI is InChI=1S/C17H16F2N2O4S/c1-25-17(22)21-8-7-11-5-6-13(9-12(11)10-21)20-26(23,24)16-14(18)3-2-4-15(16)19/h2-6,9,20H,7-8,10H2,1H3. The van der Waals surface area contributed by atoms with Crippen LogP contribution in [0.3, 0.4) is 0 Å². The minimum atomic E-state index is -4.44. The molecule has 3 rings (SSSR count). The number of nitrogens with zero attached hydrogens (tertiary/aromatic N) is 1. The Labute approximate surface area is 149 Å². The van der Waals surface area contributed by atoms with Gasteiger partial charge in [-0.05, 0) is 41.8 Å². The van der Waals surface area contributed by atoms with E-state index in [1.807, 2.05) is 0 Å². The van der Waals surface area contributed by atoms with Crippen molar-refractivity contribution in [2.45, 2.75) is 17.9 Å². The Morgan fingerprint density at radius 3 is 2.50 bits per heavy atom. The Bertz CT molecular complexity index is 943. The maximum atomic E-state index is 13.8. The predicted molar refractivity (Wildman–Crippen MR) is 90.1 cm³/mol. The molecule has 1 aliphatic rings. The average molecular weight is 382 g/mol. The third-order valence-corrected chi connectivity index (χ3v) is 5.52. The molecular weight excluding hydrogens is 366 g/mol. The van der Waals surface area contributed by atoms with Crippen LogP contribution in [-0.4, -0.2) is 33.1 Å². The van der Waals surface area contributed by atoms with E-state index in [0.717, 1.165) is 29.3 Å². The minimum absolute atomic E-state index is 0.151. The molecule has 0 saturated heterocycles. The molecule has 2 aromatic carbocycles. The van der Waals surface area contributed by atoms with E-state index in [4.69, 9.17) is 4.74 Å². The monoisotopic (exact) mass is 382 g/mol. The van der Waals surface area contributed by atoms with Crippen molar-refractivity contribution in [1.82, 2.24) is 4.90 Å². The van der Waals surface area contributed by atoms with E-state index in [-0.39, 0.29) is 12.2 Å². The lowest BCUT2D eigenvalue weighted by Gasteiger charge is -2.28. The van der Waals surface area contributed by atoms with Crippen LogP contribution in [0.15, 0.2) is 41.3 Å². The SMILES string of the molecule is COC(=O)N1CCc2ccc(NS(=O)(=O)c3c(F)cccc3F)cc2C1. The zero-order valence-electron chi connectivity index (χ0n) is 13.8. The Kier molecular flexibility index (Phi) is 4.82. The molecule has 138 valence electrons. The van der Waals surface area contributed by atoms with Gasteiger partial charge in [-0.2, -0.15) is 0 Å². The van der Waals surface area contributed by atoms with Crippen molar-refractivity contribution in [1.29, 1.82) is 0 Å². The normalized spacial score (nSPS) is 13.9. The van der Waals surface area contributed by atoms with Crippen LogP contribution in [-0.2, 0) is 27.7 Å². The van der Waals surface area contributed by atoms with E-state index in [9.17, 15) is 22.0 Å². The van der Waals surface area contributed by atoms with Crippen LogP contribution in [0.4, 0.5) is 19.3 Å². The van der Waals surface area contributed by atoms with Crippen molar-refractivity contribution in [2.75, 3.05) is 18.4 Å². The summed E-state index contributed by atoms with van der Waals surface area (Å²) in [5.41, 5.74) is 1.85. The number of carbonyl (C=O) groups is 1. The first-order valence-electron chi connectivity index (χ1n) is 7.73. The number of amides is 1. The molecule has 0 atom stereocenters. The number of anilines is 1. The van der Waals surface area contributed by atoms with Gasteiger partial charge in [-0.25, -0.2) is 22.0 Å². The predicted octanol–water partition coefficient (Wildman–Crippen LogP) is 2.89. The first-order chi connectivity index (χ1) is 12.3. The Hall–Kier alpha value is -2.68. The van der Waals surface area contributed by atoms with Gasteiger partial charge in [0, 0.05) is 18.8 Å². The molecule has 0 aliphatic carbocycles. The van der Waals surface area contributed by atoms with Gasteiger partial charge in [0.2, 0.25) is 0 Å². The van der Waals surface area contributed by atoms with Crippen LogP contribution in [0.1, 0.15) is 11.1 Å². The Morgan fingerprint density at radius 1 is 1.15 bits per heavy atom. The zero-order valence-corrected chi connectivity index (χ0v) is 14.6. The molecule has 6 nitrogen and oxygen atoms in total. The van der Waals surface area contributed by atoms with Gasteiger partial charge in [0.25, 0.3) is 10.0 Å². The summed E-state index contributed by atoms with van der Waals surface area (Å²) in [7, 11) is -3.16. The van der Waals surface area contributed by atoms with Gasteiger partial charge in [0.15, 0.2) is 4.90 Å². The number of rotatable bonds is 3. The summed E-state index contributed by atoms with van der Waals surface area (Å²) in [6, 6.07) is 7.62. The van der Waals surface area contributed by atoms with Gasteiger partial charge in [0.05, 0.1) is 7.11 Å². The first-order valence-corrected chi connectivity index (χ1v) is 9.21. The summed E-state index contributed by atoms with van der Waals surface area (Å²) in [5, 5.41) is 0. The number of carbonyl (C=O) groups excluding carboxylic acids is 1. The van der Waals surface area contributed by atoms with E-state index in [1.165, 1.54) is 18.1 Å². The maximum absolute atomic E-state index is 13.8. The Morgan fingerprint density at radius 2 is 1.85 bits per heavy atom. The summed E-state index contributed by atoms with van der Waals surface area (Å²) >= 11 is 0. The third kappa shape index (κ3) is 3.48. The van der Waals surface area contributed by atoms with Gasteiger partial charge < -0.3 is 9.64 Å². The smallest absolute Gasteiger partial charge is 0.409 e. The summed E-state index contributed by atoms with van der Waals surface area (Å²) < 4.78 is 59.2. The molecule has 1 amide bonds. The van der Waals surface area contributed by atoms with Gasteiger partial charge in [-0.15, -0.1) is 0 Å². The van der Waals surface area contributed by atoms with Crippen molar-refractivity contribution in [3.8, 4) is 0 Å². The second kappa shape index (κ2) is 6.91. The topological polar surface area (TPSA) is 75.7 Å². The zero-order chi connectivity index (χ0) is 18.9. The number of nitrogens with one attached hydrogen (secondary N) is 1. The molecule has 2 aromatic rings. The maximum Gasteiger partial charge on any atom is 0.409 e. The number of ether oxygens (including phenoxy) is 1. The number of fused-ring (bicyclic) bond motifs is 1. The summed E-state index contributed by atoms with van der Waals surface area (Å²) in [5.74, 6) is -2.35. The van der Waals surface area contributed by atoms with Crippen LogP contribution in [0.2, 0.25) is 0 Å². The number of methoxy groups -OCH3 is 1. The number of hydrogen-bond acceptors (Lipinski definition) is 4. The highest BCUT2D eigenvalue weighted by atomic mass is 32.2. The molecule has 0 radical (unpaired) electrons. The van der Waals surface area contributed by atoms with Crippen LogP contribution >= 0.6 is 0 Å². The molecule has 1 aliphatic heterocycles. The lowest BCUT2D eigenvalue weighted by molar-refractivity contribution is 0.118. The molecule has 1 N–H and O–H groups in total. The number of hydrogen-bond donors (Lipinski definition) is 1. The molecule has 0 bridgehead atoms. The number of benzene rings is 2. The lowest BCUT2D eigenvalue weighted by atomic mass is 9.99. The van der Waals surface area contributed by atoms with Crippen molar-refractivity contribution < 1.29 is 26.7 Å². The van der Waals surface area contributed by atoms with Crippen LogP contribution < -0.4 is 4.72 Å². The van der Waals surface area contributed by atoms with Crippen LogP contribution in [0.25, 0.3) is 0 Å². The molecule has 9 heteroatoms. The van der Waals surface area contributed by atoms with Crippen LogP contribution in [0.5, 0.6) is 0 Å². The van der Waals surface area contributed by atoms with E-state index >= 15 is 0 Å². The van der Waals surface area contributed by atoms with Crippen molar-refractivity contribution in [3.05, 3.63) is 59.2 Å². The van der Waals surface area contributed by atoms with Crippen molar-refractivity contribution in [3.63, 3.8) is 0 Å². The van der Waals surface area contributed by atoms with E-state index < -0.39 is 32.6 Å².